The summed E-state index contributed by atoms with van der Waals surface area (Å²) < 4.78 is 5.58. The van der Waals surface area contributed by atoms with Crippen molar-refractivity contribution in [2.24, 2.45) is 5.41 Å². The fourth-order valence-electron chi connectivity index (χ4n) is 2.74. The number of nitrogens with zero attached hydrogens (tertiary/aromatic N) is 1. The molecule has 2 amide bonds. The molecular formula is C21H21N3O3. The van der Waals surface area contributed by atoms with Crippen LogP contribution in [0.2, 0.25) is 0 Å². The number of carbonyl (C=O) groups excluding carboxylic acids is 2. The third kappa shape index (κ3) is 4.26. The molecule has 0 saturated heterocycles. The van der Waals surface area contributed by atoms with Crippen molar-refractivity contribution in [3.63, 3.8) is 0 Å². The van der Waals surface area contributed by atoms with Gasteiger partial charge >= 0.3 is 0 Å². The quantitative estimate of drug-likeness (QED) is 0.766. The molecule has 6 heteroatoms. The third-order valence-corrected chi connectivity index (χ3v) is 4.35. The van der Waals surface area contributed by atoms with Gasteiger partial charge in [-0.05, 0) is 69.2 Å². The first kappa shape index (κ1) is 18.5. The minimum absolute atomic E-state index is 0.0726. The van der Waals surface area contributed by atoms with Crippen molar-refractivity contribution in [1.29, 1.82) is 5.26 Å². The average Bonchev–Trinajstić information content (AvgIpc) is 3.45. The standard InChI is InChI=1S/C21H21N3O3/c1-14(2)27-18-8-6-16(7-9-18)23-19(25)21(10-11-21)20(26)24-17-5-3-4-15(12-17)13-22/h3-9,12,14H,10-11H2,1-2H3,(H,23,25)(H,24,26). The van der Waals surface area contributed by atoms with Crippen LogP contribution in [0.25, 0.3) is 0 Å². The lowest BCUT2D eigenvalue weighted by molar-refractivity contribution is -0.131. The number of ether oxygens (including phenoxy) is 1. The largest absolute Gasteiger partial charge is 0.491 e. The summed E-state index contributed by atoms with van der Waals surface area (Å²) in [7, 11) is 0. The average molecular weight is 363 g/mol. The van der Waals surface area contributed by atoms with Crippen molar-refractivity contribution in [2.45, 2.75) is 32.8 Å². The molecule has 2 N–H and O–H groups in total. The van der Waals surface area contributed by atoms with Gasteiger partial charge in [0, 0.05) is 11.4 Å². The van der Waals surface area contributed by atoms with E-state index in [0.29, 0.717) is 29.8 Å². The van der Waals surface area contributed by atoms with Gasteiger partial charge in [-0.2, -0.15) is 5.26 Å². The monoisotopic (exact) mass is 363 g/mol. The van der Waals surface area contributed by atoms with Crippen molar-refractivity contribution in [3.8, 4) is 11.8 Å². The Hall–Kier alpha value is -3.33. The molecule has 0 bridgehead atoms. The zero-order valence-corrected chi connectivity index (χ0v) is 15.3. The topological polar surface area (TPSA) is 91.2 Å². The van der Waals surface area contributed by atoms with Crippen LogP contribution in [0, 0.1) is 16.7 Å². The van der Waals surface area contributed by atoms with E-state index in [0.717, 1.165) is 5.75 Å². The Bertz CT molecular complexity index is 894. The van der Waals surface area contributed by atoms with E-state index in [-0.39, 0.29) is 17.9 Å². The molecule has 0 spiro atoms. The predicted molar refractivity (Wildman–Crippen MR) is 102 cm³/mol. The first-order valence-electron chi connectivity index (χ1n) is 8.83. The molecule has 1 fully saturated rings. The number of amides is 2. The van der Waals surface area contributed by atoms with Crippen LogP contribution in [0.4, 0.5) is 11.4 Å². The van der Waals surface area contributed by atoms with E-state index < -0.39 is 5.41 Å². The summed E-state index contributed by atoms with van der Waals surface area (Å²) in [5.74, 6) is 0.0445. The molecule has 0 aromatic heterocycles. The van der Waals surface area contributed by atoms with Crippen molar-refractivity contribution >= 4 is 23.2 Å². The Morgan fingerprint density at radius 3 is 2.22 bits per heavy atom. The van der Waals surface area contributed by atoms with Crippen molar-refractivity contribution < 1.29 is 14.3 Å². The van der Waals surface area contributed by atoms with Crippen molar-refractivity contribution in [3.05, 3.63) is 54.1 Å². The van der Waals surface area contributed by atoms with Gasteiger partial charge in [0.25, 0.3) is 0 Å². The van der Waals surface area contributed by atoms with Gasteiger partial charge in [0.1, 0.15) is 11.2 Å². The highest BCUT2D eigenvalue weighted by atomic mass is 16.5. The van der Waals surface area contributed by atoms with Crippen LogP contribution in [0.1, 0.15) is 32.3 Å². The van der Waals surface area contributed by atoms with E-state index in [4.69, 9.17) is 10.00 Å². The molecule has 138 valence electrons. The molecule has 1 saturated carbocycles. The normalized spacial score (nSPS) is 14.1. The molecule has 0 atom stereocenters. The number of nitrogens with one attached hydrogen (secondary N) is 2. The van der Waals surface area contributed by atoms with Crippen LogP contribution in [-0.2, 0) is 9.59 Å². The third-order valence-electron chi connectivity index (χ3n) is 4.35. The fourth-order valence-corrected chi connectivity index (χ4v) is 2.74. The van der Waals surface area contributed by atoms with E-state index in [1.54, 1.807) is 48.5 Å². The first-order chi connectivity index (χ1) is 12.9. The molecular weight excluding hydrogens is 342 g/mol. The molecule has 0 aliphatic heterocycles. The van der Waals surface area contributed by atoms with E-state index in [9.17, 15) is 9.59 Å². The Labute approximate surface area is 158 Å². The maximum absolute atomic E-state index is 12.7. The summed E-state index contributed by atoms with van der Waals surface area (Å²) in [6.07, 6.45) is 1.07. The Morgan fingerprint density at radius 2 is 1.67 bits per heavy atom. The maximum atomic E-state index is 12.7. The summed E-state index contributed by atoms with van der Waals surface area (Å²) in [5, 5.41) is 14.5. The molecule has 2 aromatic carbocycles. The number of rotatable bonds is 6. The second-order valence-electron chi connectivity index (χ2n) is 6.87. The number of nitriles is 1. The molecule has 1 aliphatic carbocycles. The van der Waals surface area contributed by atoms with E-state index in [1.807, 2.05) is 19.9 Å². The lowest BCUT2D eigenvalue weighted by atomic mass is 10.0. The van der Waals surface area contributed by atoms with Gasteiger partial charge in [-0.1, -0.05) is 6.07 Å². The van der Waals surface area contributed by atoms with Crippen LogP contribution in [-0.4, -0.2) is 17.9 Å². The minimum Gasteiger partial charge on any atom is -0.491 e. The molecule has 0 heterocycles. The van der Waals surface area contributed by atoms with Crippen molar-refractivity contribution in [1.82, 2.24) is 0 Å². The molecule has 1 aliphatic rings. The zero-order valence-electron chi connectivity index (χ0n) is 15.3. The van der Waals surface area contributed by atoms with Gasteiger partial charge in [0.2, 0.25) is 11.8 Å². The molecule has 2 aromatic rings. The lowest BCUT2D eigenvalue weighted by Crippen LogP contribution is -2.35. The van der Waals surface area contributed by atoms with Crippen LogP contribution < -0.4 is 15.4 Å². The number of benzene rings is 2. The number of carbonyl (C=O) groups is 2. The van der Waals surface area contributed by atoms with Crippen LogP contribution in [0.5, 0.6) is 5.75 Å². The molecule has 3 rings (SSSR count). The number of hydrogen-bond donors (Lipinski definition) is 2. The minimum atomic E-state index is -1.06. The molecule has 27 heavy (non-hydrogen) atoms. The van der Waals surface area contributed by atoms with Crippen LogP contribution >= 0.6 is 0 Å². The van der Waals surface area contributed by atoms with Gasteiger partial charge in [-0.25, -0.2) is 0 Å². The van der Waals surface area contributed by atoms with Gasteiger partial charge < -0.3 is 15.4 Å². The van der Waals surface area contributed by atoms with Crippen molar-refractivity contribution in [2.75, 3.05) is 10.6 Å². The summed E-state index contributed by atoms with van der Waals surface area (Å²) in [4.78, 5) is 25.3. The Kier molecular flexibility index (Phi) is 5.13. The van der Waals surface area contributed by atoms with Gasteiger partial charge in [0.05, 0.1) is 17.7 Å². The highest BCUT2D eigenvalue weighted by molar-refractivity contribution is 6.16. The number of anilines is 2. The Balaban J connectivity index is 1.65. The molecule has 0 unspecified atom stereocenters. The van der Waals surface area contributed by atoms with Crippen LogP contribution in [0.15, 0.2) is 48.5 Å². The first-order valence-corrected chi connectivity index (χ1v) is 8.83. The SMILES string of the molecule is CC(C)Oc1ccc(NC(=O)C2(C(=O)Nc3cccc(C#N)c3)CC2)cc1. The molecule has 0 radical (unpaired) electrons. The van der Waals surface area contributed by atoms with E-state index in [1.165, 1.54) is 0 Å². The highest BCUT2D eigenvalue weighted by Crippen LogP contribution is 2.47. The lowest BCUT2D eigenvalue weighted by Gasteiger charge is -2.16. The Morgan fingerprint density at radius 1 is 1.04 bits per heavy atom. The molecule has 6 nitrogen and oxygen atoms in total. The van der Waals surface area contributed by atoms with Gasteiger partial charge in [-0.15, -0.1) is 0 Å². The smallest absolute Gasteiger partial charge is 0.240 e. The fraction of sp³-hybridized carbons (Fsp3) is 0.286. The number of hydrogen-bond acceptors (Lipinski definition) is 4. The van der Waals surface area contributed by atoms with E-state index >= 15 is 0 Å². The summed E-state index contributed by atoms with van der Waals surface area (Å²) in [5.41, 5.74) is 0.510. The van der Waals surface area contributed by atoms with Gasteiger partial charge in [-0.3, -0.25) is 9.59 Å². The second kappa shape index (κ2) is 7.50. The highest BCUT2D eigenvalue weighted by Gasteiger charge is 2.56. The predicted octanol–water partition coefficient (Wildman–Crippen LogP) is 3.70. The summed E-state index contributed by atoms with van der Waals surface area (Å²) in [6.45, 7) is 3.88. The second-order valence-corrected chi connectivity index (χ2v) is 6.87. The van der Waals surface area contributed by atoms with Crippen LogP contribution in [0.3, 0.4) is 0 Å². The van der Waals surface area contributed by atoms with Gasteiger partial charge in [0.15, 0.2) is 0 Å². The van der Waals surface area contributed by atoms with E-state index in [2.05, 4.69) is 10.6 Å². The maximum Gasteiger partial charge on any atom is 0.240 e. The summed E-state index contributed by atoms with van der Waals surface area (Å²) in [6, 6.07) is 15.7. The zero-order chi connectivity index (χ0) is 19.4. The summed E-state index contributed by atoms with van der Waals surface area (Å²) >= 11 is 0.